The number of aliphatic hydroxyl groups is 4. The molecule has 0 unspecified atom stereocenters. The van der Waals surface area contributed by atoms with Crippen LogP contribution in [-0.2, 0) is 9.47 Å². The molecule has 1 aliphatic heterocycles. The third-order valence-electron chi connectivity index (χ3n) is 3.73. The van der Waals surface area contributed by atoms with E-state index in [0.717, 1.165) is 45.1 Å². The third-order valence-corrected chi connectivity index (χ3v) is 3.73. The molecule has 5 atom stereocenters. The van der Waals surface area contributed by atoms with Gasteiger partial charge in [0, 0.05) is 6.61 Å². The van der Waals surface area contributed by atoms with E-state index < -0.39 is 37.3 Å². The van der Waals surface area contributed by atoms with Gasteiger partial charge in [0.2, 0.25) is 0 Å². The first-order valence-corrected chi connectivity index (χ1v) is 7.74. The number of hydrogen-bond acceptors (Lipinski definition) is 7. The molecule has 0 aliphatic carbocycles. The molecule has 0 aromatic rings. The smallest absolute Gasteiger partial charge is 0.186 e. The number of nitrogens with two attached hydrogens (primary N) is 1. The van der Waals surface area contributed by atoms with Gasteiger partial charge in [0.05, 0.1) is 6.61 Å². The van der Waals surface area contributed by atoms with E-state index in [2.05, 4.69) is 0 Å². The Morgan fingerprint density at radius 1 is 0.857 bits per heavy atom. The first kappa shape index (κ1) is 18.8. The van der Waals surface area contributed by atoms with Crippen LogP contribution in [0.25, 0.3) is 0 Å². The quantitative estimate of drug-likeness (QED) is 0.331. The zero-order valence-electron chi connectivity index (χ0n) is 12.4. The van der Waals surface area contributed by atoms with E-state index in [1.165, 1.54) is 0 Å². The van der Waals surface area contributed by atoms with Gasteiger partial charge in [-0.05, 0) is 19.4 Å². The largest absolute Gasteiger partial charge is 0.394 e. The Hall–Kier alpha value is -0.280. The number of aliphatic hydroxyl groups excluding tert-OH is 4. The molecule has 7 nitrogen and oxygen atoms in total. The van der Waals surface area contributed by atoms with Crippen molar-refractivity contribution in [2.75, 3.05) is 19.8 Å². The minimum absolute atomic E-state index is 0.402. The van der Waals surface area contributed by atoms with Crippen LogP contribution in [0.4, 0.5) is 0 Å². The van der Waals surface area contributed by atoms with Crippen molar-refractivity contribution in [2.24, 2.45) is 5.73 Å². The maximum atomic E-state index is 9.77. The average Bonchev–Trinajstić information content (AvgIpc) is 2.49. The molecule has 126 valence electrons. The van der Waals surface area contributed by atoms with Gasteiger partial charge in [0.15, 0.2) is 6.29 Å². The predicted molar refractivity (Wildman–Crippen MR) is 76.5 cm³/mol. The zero-order chi connectivity index (χ0) is 15.7. The summed E-state index contributed by atoms with van der Waals surface area (Å²) in [4.78, 5) is 0. The van der Waals surface area contributed by atoms with Crippen LogP contribution in [0.3, 0.4) is 0 Å². The summed E-state index contributed by atoms with van der Waals surface area (Å²) >= 11 is 0. The van der Waals surface area contributed by atoms with Crippen LogP contribution in [0.5, 0.6) is 0 Å². The SMILES string of the molecule is NCCCCCCCCO[C@@H]1O[C@H](CO)[C@@H](O)[C@H](O)[C@H]1O. The molecule has 1 heterocycles. The van der Waals surface area contributed by atoms with Gasteiger partial charge in [-0.25, -0.2) is 0 Å². The maximum Gasteiger partial charge on any atom is 0.186 e. The molecule has 21 heavy (non-hydrogen) atoms. The van der Waals surface area contributed by atoms with Crippen molar-refractivity contribution in [3.05, 3.63) is 0 Å². The first-order valence-electron chi connectivity index (χ1n) is 7.74. The summed E-state index contributed by atoms with van der Waals surface area (Å²) in [5, 5.41) is 38.1. The number of rotatable bonds is 10. The number of ether oxygens (including phenoxy) is 2. The molecular weight excluding hydrogens is 278 g/mol. The van der Waals surface area contributed by atoms with Crippen molar-refractivity contribution >= 4 is 0 Å². The van der Waals surface area contributed by atoms with Gasteiger partial charge in [0.1, 0.15) is 24.4 Å². The maximum absolute atomic E-state index is 9.77. The van der Waals surface area contributed by atoms with E-state index in [-0.39, 0.29) is 0 Å². The van der Waals surface area contributed by atoms with Gasteiger partial charge in [-0.1, -0.05) is 25.7 Å². The van der Waals surface area contributed by atoms with Crippen molar-refractivity contribution in [3.8, 4) is 0 Å². The van der Waals surface area contributed by atoms with Crippen molar-refractivity contribution < 1.29 is 29.9 Å². The molecule has 0 spiro atoms. The summed E-state index contributed by atoms with van der Waals surface area (Å²) < 4.78 is 10.6. The molecule has 0 radical (unpaired) electrons. The highest BCUT2D eigenvalue weighted by Crippen LogP contribution is 2.22. The Labute approximate surface area is 125 Å². The Kier molecular flexibility index (Phi) is 9.34. The summed E-state index contributed by atoms with van der Waals surface area (Å²) in [6.45, 7) is 0.700. The van der Waals surface area contributed by atoms with Crippen LogP contribution in [-0.4, -0.2) is 70.9 Å². The molecular formula is C14H29NO6. The molecule has 1 fully saturated rings. The minimum atomic E-state index is -1.38. The highest BCUT2D eigenvalue weighted by molar-refractivity contribution is 4.88. The molecule has 0 saturated carbocycles. The summed E-state index contributed by atoms with van der Waals surface area (Å²) in [5.74, 6) is 0. The lowest BCUT2D eigenvalue weighted by Crippen LogP contribution is -2.59. The first-order chi connectivity index (χ1) is 10.1. The third kappa shape index (κ3) is 6.15. The molecule has 6 N–H and O–H groups in total. The van der Waals surface area contributed by atoms with Gasteiger partial charge in [-0.2, -0.15) is 0 Å². The van der Waals surface area contributed by atoms with Crippen LogP contribution in [0.2, 0.25) is 0 Å². The molecule has 0 aromatic heterocycles. The molecule has 0 aromatic carbocycles. The normalized spacial score (nSPS) is 33.3. The lowest BCUT2D eigenvalue weighted by molar-refractivity contribution is -0.301. The standard InChI is InChI=1S/C14H29NO6/c15-7-5-3-1-2-4-6-8-20-14-13(19)12(18)11(17)10(9-16)21-14/h10-14,16-19H,1-9,15H2/t10-,11-,12+,13-,14-/m1/s1. The van der Waals surface area contributed by atoms with E-state index >= 15 is 0 Å². The van der Waals surface area contributed by atoms with E-state index in [9.17, 15) is 15.3 Å². The lowest BCUT2D eigenvalue weighted by Gasteiger charge is -2.39. The average molecular weight is 307 g/mol. The fraction of sp³-hybridized carbons (Fsp3) is 1.00. The Morgan fingerprint density at radius 3 is 2.10 bits per heavy atom. The topological polar surface area (TPSA) is 125 Å². The van der Waals surface area contributed by atoms with E-state index in [0.29, 0.717) is 6.61 Å². The fourth-order valence-electron chi connectivity index (χ4n) is 2.36. The van der Waals surface area contributed by atoms with Crippen LogP contribution in [0.15, 0.2) is 0 Å². The molecule has 1 aliphatic rings. The van der Waals surface area contributed by atoms with Gasteiger partial charge in [-0.3, -0.25) is 0 Å². The summed E-state index contributed by atoms with van der Waals surface area (Å²) in [7, 11) is 0. The minimum Gasteiger partial charge on any atom is -0.394 e. The number of unbranched alkanes of at least 4 members (excludes halogenated alkanes) is 5. The van der Waals surface area contributed by atoms with Crippen molar-refractivity contribution in [1.82, 2.24) is 0 Å². The van der Waals surface area contributed by atoms with E-state index in [1.54, 1.807) is 0 Å². The van der Waals surface area contributed by atoms with Gasteiger partial charge < -0.3 is 35.6 Å². The van der Waals surface area contributed by atoms with Crippen LogP contribution >= 0.6 is 0 Å². The Bertz CT molecular complexity index is 266. The van der Waals surface area contributed by atoms with Gasteiger partial charge in [0.25, 0.3) is 0 Å². The molecule has 0 bridgehead atoms. The van der Waals surface area contributed by atoms with Crippen molar-refractivity contribution in [1.29, 1.82) is 0 Å². The predicted octanol–water partition coefficient (Wildman–Crippen LogP) is -0.898. The number of hydrogen-bond donors (Lipinski definition) is 5. The Balaban J connectivity index is 2.16. The second-order valence-electron chi connectivity index (χ2n) is 5.48. The second-order valence-corrected chi connectivity index (χ2v) is 5.48. The fourth-order valence-corrected chi connectivity index (χ4v) is 2.36. The van der Waals surface area contributed by atoms with Crippen molar-refractivity contribution in [3.63, 3.8) is 0 Å². The van der Waals surface area contributed by atoms with E-state index in [1.807, 2.05) is 0 Å². The van der Waals surface area contributed by atoms with Crippen molar-refractivity contribution in [2.45, 2.75) is 69.2 Å². The van der Waals surface area contributed by atoms with Gasteiger partial charge >= 0.3 is 0 Å². The monoisotopic (exact) mass is 307 g/mol. The Morgan fingerprint density at radius 2 is 1.48 bits per heavy atom. The van der Waals surface area contributed by atoms with E-state index in [4.69, 9.17) is 20.3 Å². The second kappa shape index (κ2) is 10.4. The molecule has 0 amide bonds. The highest BCUT2D eigenvalue weighted by atomic mass is 16.7. The summed E-state index contributed by atoms with van der Waals surface area (Å²) in [6, 6.07) is 0. The summed E-state index contributed by atoms with van der Waals surface area (Å²) in [6.07, 6.45) is 0.347. The van der Waals surface area contributed by atoms with Crippen LogP contribution in [0, 0.1) is 0 Å². The highest BCUT2D eigenvalue weighted by Gasteiger charge is 2.43. The summed E-state index contributed by atoms with van der Waals surface area (Å²) in [5.41, 5.74) is 5.42. The zero-order valence-corrected chi connectivity index (χ0v) is 12.4. The molecule has 1 saturated heterocycles. The van der Waals surface area contributed by atoms with Crippen LogP contribution < -0.4 is 5.73 Å². The lowest BCUT2D eigenvalue weighted by atomic mass is 9.99. The van der Waals surface area contributed by atoms with Crippen LogP contribution in [0.1, 0.15) is 38.5 Å². The molecule has 1 rings (SSSR count). The molecule has 7 heteroatoms. The van der Waals surface area contributed by atoms with Gasteiger partial charge in [-0.15, -0.1) is 0 Å².